The number of carboxylic acids is 1. The normalized spacial score (nSPS) is 12.4. The summed E-state index contributed by atoms with van der Waals surface area (Å²) in [5.41, 5.74) is 9.73. The first-order valence-corrected chi connectivity index (χ1v) is 17.7. The number of hydrogen-bond acceptors (Lipinski definition) is 7. The number of ether oxygens (including phenoxy) is 1. The van der Waals surface area contributed by atoms with E-state index >= 15 is 0 Å². The van der Waals surface area contributed by atoms with E-state index in [-0.39, 0.29) is 11.8 Å². The smallest absolute Gasteiger partial charge is 0.326 e. The van der Waals surface area contributed by atoms with Crippen LogP contribution in [0.25, 0.3) is 22.5 Å². The maximum Gasteiger partial charge on any atom is 0.326 e. The van der Waals surface area contributed by atoms with Gasteiger partial charge in [0.15, 0.2) is 5.82 Å². The van der Waals surface area contributed by atoms with Gasteiger partial charge >= 0.3 is 5.97 Å². The molecule has 52 heavy (non-hydrogen) atoms. The van der Waals surface area contributed by atoms with Gasteiger partial charge in [-0.25, -0.2) is 14.8 Å². The number of unbranched alkanes of at least 4 members (excludes halogenated alkanes) is 4. The minimum Gasteiger partial charge on any atom is -0.494 e. The topological polar surface area (TPSA) is 174 Å². The highest BCUT2D eigenvalue weighted by Crippen LogP contribution is 2.25. The van der Waals surface area contributed by atoms with Crippen LogP contribution in [0, 0.1) is 0 Å². The maximum atomic E-state index is 13.4. The summed E-state index contributed by atoms with van der Waals surface area (Å²) >= 11 is 0. The van der Waals surface area contributed by atoms with Gasteiger partial charge in [0.1, 0.15) is 17.8 Å². The third kappa shape index (κ3) is 11.8. The van der Waals surface area contributed by atoms with Crippen molar-refractivity contribution in [1.82, 2.24) is 20.6 Å². The van der Waals surface area contributed by atoms with Gasteiger partial charge in [-0.15, -0.1) is 0 Å². The summed E-state index contributed by atoms with van der Waals surface area (Å²) in [6.07, 6.45) is 8.91. The van der Waals surface area contributed by atoms with Gasteiger partial charge in [-0.1, -0.05) is 102 Å². The maximum absolute atomic E-state index is 13.4. The molecule has 5 N–H and O–H groups in total. The first-order valence-electron chi connectivity index (χ1n) is 17.7. The molecule has 2 atom stereocenters. The lowest BCUT2D eigenvalue weighted by atomic mass is 9.86. The van der Waals surface area contributed by atoms with Gasteiger partial charge in [-0.2, -0.15) is 0 Å². The van der Waals surface area contributed by atoms with Crippen LogP contribution in [-0.2, 0) is 26.2 Å². The van der Waals surface area contributed by atoms with Crippen molar-refractivity contribution in [2.75, 3.05) is 6.61 Å². The van der Waals surface area contributed by atoms with E-state index in [4.69, 9.17) is 10.5 Å². The highest BCUT2D eigenvalue weighted by molar-refractivity contribution is 5.98. The molecule has 0 radical (unpaired) electrons. The summed E-state index contributed by atoms with van der Waals surface area (Å²) in [5, 5.41) is 14.6. The SMILES string of the molecule is CCCCCCCOc1ccc(-c2cnc(-c3ccc(C[C@H](NC(=O)c4ccc(C(C)(C)C)cc4)C(=O)N[C@@H](CC(N)=O)C(=O)O)cc3)nc2)cc1. The summed E-state index contributed by atoms with van der Waals surface area (Å²) in [4.78, 5) is 59.0. The Balaban J connectivity index is 1.44. The average Bonchev–Trinajstić information content (AvgIpc) is 3.12. The molecule has 0 saturated carbocycles. The van der Waals surface area contributed by atoms with E-state index in [9.17, 15) is 24.3 Å². The highest BCUT2D eigenvalue weighted by atomic mass is 16.5. The van der Waals surface area contributed by atoms with Crippen LogP contribution in [0.4, 0.5) is 0 Å². The zero-order valence-corrected chi connectivity index (χ0v) is 30.4. The minimum absolute atomic E-state index is 0.0409. The standard InChI is InChI=1S/C41H49N5O6/c1-5-6-7-8-9-22-52-33-20-16-28(17-21-33)31-25-43-37(44-26-31)29-12-10-27(11-13-29)23-34(39(49)46-35(40(50)51)24-36(42)47)45-38(48)30-14-18-32(19-15-30)41(2,3)4/h10-21,25-26,34-35H,5-9,22-24H2,1-4H3,(H2,42,47)(H,45,48)(H,46,49)(H,50,51)/t34-,35-/m0/s1. The molecule has 11 heteroatoms. The monoisotopic (exact) mass is 707 g/mol. The molecule has 0 unspecified atom stereocenters. The van der Waals surface area contributed by atoms with Crippen LogP contribution < -0.4 is 21.1 Å². The molecular formula is C41H49N5O6. The summed E-state index contributed by atoms with van der Waals surface area (Å²) in [6, 6.07) is 19.4. The number of aromatic nitrogens is 2. The van der Waals surface area contributed by atoms with Crippen molar-refractivity contribution in [2.45, 2.75) is 90.1 Å². The lowest BCUT2D eigenvalue weighted by Gasteiger charge is -2.22. The molecule has 1 heterocycles. The van der Waals surface area contributed by atoms with Gasteiger partial charge in [-0.3, -0.25) is 14.4 Å². The number of benzene rings is 3. The molecule has 0 aliphatic carbocycles. The van der Waals surface area contributed by atoms with E-state index in [2.05, 4.69) is 48.3 Å². The Morgan fingerprint density at radius 3 is 1.96 bits per heavy atom. The van der Waals surface area contributed by atoms with Crippen molar-refractivity contribution in [2.24, 2.45) is 5.73 Å². The van der Waals surface area contributed by atoms with Crippen LogP contribution in [0.2, 0.25) is 0 Å². The molecular weight excluding hydrogens is 658 g/mol. The Hall–Kier alpha value is -5.58. The summed E-state index contributed by atoms with van der Waals surface area (Å²) in [7, 11) is 0. The van der Waals surface area contributed by atoms with E-state index in [1.165, 1.54) is 25.7 Å². The number of nitrogens with two attached hydrogens (primary N) is 1. The summed E-state index contributed by atoms with van der Waals surface area (Å²) in [5.74, 6) is -2.23. The highest BCUT2D eigenvalue weighted by Gasteiger charge is 2.28. The number of carboxylic acid groups (broad SMARTS) is 1. The number of rotatable bonds is 18. The predicted molar refractivity (Wildman–Crippen MR) is 201 cm³/mol. The zero-order chi connectivity index (χ0) is 37.7. The zero-order valence-electron chi connectivity index (χ0n) is 30.4. The Kier molecular flexibility index (Phi) is 14.0. The number of carbonyl (C=O) groups excluding carboxylic acids is 3. The van der Waals surface area contributed by atoms with E-state index in [0.717, 1.165) is 34.4 Å². The van der Waals surface area contributed by atoms with Crippen LogP contribution in [0.1, 0.15) is 87.7 Å². The van der Waals surface area contributed by atoms with Crippen molar-refractivity contribution < 1.29 is 29.0 Å². The number of primary amides is 1. The molecule has 3 amide bonds. The van der Waals surface area contributed by atoms with Crippen molar-refractivity contribution in [3.8, 4) is 28.3 Å². The molecule has 0 aliphatic rings. The van der Waals surface area contributed by atoms with Crippen molar-refractivity contribution in [3.63, 3.8) is 0 Å². The Morgan fingerprint density at radius 2 is 1.38 bits per heavy atom. The Morgan fingerprint density at radius 1 is 0.769 bits per heavy atom. The lowest BCUT2D eigenvalue weighted by molar-refractivity contribution is -0.143. The van der Waals surface area contributed by atoms with Gasteiger partial charge in [0.25, 0.3) is 5.91 Å². The van der Waals surface area contributed by atoms with Gasteiger partial charge in [-0.05, 0) is 52.8 Å². The largest absolute Gasteiger partial charge is 0.494 e. The molecule has 0 spiro atoms. The van der Waals surface area contributed by atoms with Crippen molar-refractivity contribution >= 4 is 23.7 Å². The molecule has 3 aromatic carbocycles. The predicted octanol–water partition coefficient (Wildman–Crippen LogP) is 6.24. The molecule has 11 nitrogen and oxygen atoms in total. The summed E-state index contributed by atoms with van der Waals surface area (Å²) < 4.78 is 5.88. The third-order valence-corrected chi connectivity index (χ3v) is 8.66. The second-order valence-electron chi connectivity index (χ2n) is 13.9. The molecule has 1 aromatic heterocycles. The van der Waals surface area contributed by atoms with Crippen LogP contribution in [0.5, 0.6) is 5.75 Å². The lowest BCUT2D eigenvalue weighted by Crippen LogP contribution is -2.53. The summed E-state index contributed by atoms with van der Waals surface area (Å²) in [6.45, 7) is 9.10. The fourth-order valence-electron chi connectivity index (χ4n) is 5.54. The number of hydrogen-bond donors (Lipinski definition) is 4. The first kappa shape index (κ1) is 39.2. The number of nitrogens with zero attached hydrogens (tertiary/aromatic N) is 2. The van der Waals surface area contributed by atoms with E-state index in [1.54, 1.807) is 36.7 Å². The molecule has 0 fully saturated rings. The van der Waals surface area contributed by atoms with Crippen LogP contribution in [0.3, 0.4) is 0 Å². The van der Waals surface area contributed by atoms with E-state index in [1.807, 2.05) is 48.5 Å². The van der Waals surface area contributed by atoms with E-state index in [0.29, 0.717) is 23.6 Å². The van der Waals surface area contributed by atoms with Gasteiger partial charge in [0.05, 0.1) is 13.0 Å². The molecule has 0 aliphatic heterocycles. The van der Waals surface area contributed by atoms with Gasteiger partial charge in [0, 0.05) is 35.5 Å². The third-order valence-electron chi connectivity index (χ3n) is 8.66. The second-order valence-corrected chi connectivity index (χ2v) is 13.9. The quantitative estimate of drug-likeness (QED) is 0.0880. The molecule has 274 valence electrons. The molecule has 0 saturated heterocycles. The van der Waals surface area contributed by atoms with E-state index < -0.39 is 42.2 Å². The first-order chi connectivity index (χ1) is 24.8. The van der Waals surface area contributed by atoms with Crippen LogP contribution in [-0.4, -0.2) is 57.5 Å². The molecule has 4 rings (SSSR count). The van der Waals surface area contributed by atoms with Crippen LogP contribution >= 0.6 is 0 Å². The second kappa shape index (κ2) is 18.6. The molecule has 0 bridgehead atoms. The average molecular weight is 708 g/mol. The number of aliphatic carboxylic acids is 1. The Labute approximate surface area is 305 Å². The number of amides is 3. The van der Waals surface area contributed by atoms with Gasteiger partial charge < -0.3 is 26.2 Å². The fraction of sp³-hybridized carbons (Fsp3) is 0.366. The Bertz CT molecular complexity index is 1780. The minimum atomic E-state index is -1.55. The number of carbonyl (C=O) groups is 4. The van der Waals surface area contributed by atoms with Crippen molar-refractivity contribution in [1.29, 1.82) is 0 Å². The van der Waals surface area contributed by atoms with Crippen molar-refractivity contribution in [3.05, 3.63) is 102 Å². The van der Waals surface area contributed by atoms with Crippen LogP contribution in [0.15, 0.2) is 85.2 Å². The fourth-order valence-corrected chi connectivity index (χ4v) is 5.54. The molecule has 4 aromatic rings. The van der Waals surface area contributed by atoms with Gasteiger partial charge in [0.2, 0.25) is 11.8 Å². The number of nitrogens with one attached hydrogen (secondary N) is 2.